The van der Waals surface area contributed by atoms with Crippen molar-refractivity contribution in [3.05, 3.63) is 52.5 Å². The van der Waals surface area contributed by atoms with Crippen molar-refractivity contribution in [2.24, 2.45) is 4.99 Å². The van der Waals surface area contributed by atoms with Gasteiger partial charge in [0.15, 0.2) is 0 Å². The average Bonchev–Trinajstić information content (AvgIpc) is 3.00. The smallest absolute Gasteiger partial charge is 0.273 e. The second-order valence-electron chi connectivity index (χ2n) is 4.67. The van der Waals surface area contributed by atoms with Crippen LogP contribution in [0, 0.1) is 0 Å². The first-order valence-electron chi connectivity index (χ1n) is 6.22. The van der Waals surface area contributed by atoms with Gasteiger partial charge in [-0.25, -0.2) is 5.43 Å². The Morgan fingerprint density at radius 2 is 2.21 bits per heavy atom. The molecule has 4 rings (SSSR count). The Morgan fingerprint density at radius 1 is 1.32 bits per heavy atom. The Morgan fingerprint density at radius 3 is 3.16 bits per heavy atom. The van der Waals surface area contributed by atoms with Crippen LogP contribution in [-0.4, -0.2) is 23.8 Å². The van der Waals surface area contributed by atoms with Gasteiger partial charge in [0.2, 0.25) is 0 Å². The van der Waals surface area contributed by atoms with E-state index < -0.39 is 0 Å². The number of hydrogen-bond acceptors (Lipinski definition) is 4. The molecule has 1 aromatic heterocycles. The fourth-order valence-corrected chi connectivity index (χ4v) is 2.59. The normalized spacial score (nSPS) is 20.9. The van der Waals surface area contributed by atoms with Crippen LogP contribution in [0.3, 0.4) is 0 Å². The van der Waals surface area contributed by atoms with Crippen molar-refractivity contribution in [3.8, 4) is 0 Å². The highest BCUT2D eigenvalue weighted by Crippen LogP contribution is 2.26. The molecule has 0 amide bonds. The molecular weight excluding hydrogens is 240 g/mol. The number of aromatic amines is 1. The van der Waals surface area contributed by atoms with Crippen molar-refractivity contribution < 1.29 is 0 Å². The third-order valence-corrected chi connectivity index (χ3v) is 3.53. The van der Waals surface area contributed by atoms with E-state index in [4.69, 9.17) is 0 Å². The monoisotopic (exact) mass is 252 g/mol. The molecule has 1 atom stereocenters. The number of nitrogens with one attached hydrogen (secondary N) is 2. The van der Waals surface area contributed by atoms with Crippen LogP contribution in [0.4, 0.5) is 5.69 Å². The molecule has 2 aromatic rings. The summed E-state index contributed by atoms with van der Waals surface area (Å²) in [5.41, 5.74) is 5.60. The zero-order valence-corrected chi connectivity index (χ0v) is 10.1. The van der Waals surface area contributed by atoms with Crippen LogP contribution in [0.15, 0.2) is 51.9 Å². The fraction of sp³-hybridized carbons (Fsp3) is 0.143. The first kappa shape index (κ1) is 10.5. The molecule has 0 radical (unpaired) electrons. The van der Waals surface area contributed by atoms with E-state index in [9.17, 15) is 4.79 Å². The van der Waals surface area contributed by atoms with Crippen molar-refractivity contribution in [1.82, 2.24) is 10.4 Å². The maximum atomic E-state index is 12.2. The minimum absolute atomic E-state index is 0.0975. The van der Waals surface area contributed by atoms with Crippen LogP contribution in [0.1, 0.15) is 0 Å². The Kier molecular flexibility index (Phi) is 2.10. The molecule has 0 spiro atoms. The van der Waals surface area contributed by atoms with Gasteiger partial charge in [0.25, 0.3) is 5.56 Å². The summed E-state index contributed by atoms with van der Waals surface area (Å²) < 4.78 is 0. The predicted molar refractivity (Wildman–Crippen MR) is 75.4 cm³/mol. The van der Waals surface area contributed by atoms with E-state index in [0.29, 0.717) is 5.69 Å². The van der Waals surface area contributed by atoms with Gasteiger partial charge in [-0.2, -0.15) is 0 Å². The first-order chi connectivity index (χ1) is 9.33. The number of fused-ring (bicyclic) bond motifs is 2. The predicted octanol–water partition coefficient (Wildman–Crippen LogP) is 1.19. The molecular formula is C14H12N4O. The standard InChI is InChI=1S/C14H12N4O/c19-14-13(7-9-3-1-2-4-10(9)17-14)18-12-5-6-15-11(12)8-16-18/h1-7,11,16H,8H2,(H,17,19). The Balaban J connectivity index is 1.87. The van der Waals surface area contributed by atoms with Gasteiger partial charge in [-0.1, -0.05) is 18.2 Å². The third-order valence-electron chi connectivity index (χ3n) is 3.53. The zero-order chi connectivity index (χ0) is 12.8. The highest BCUT2D eigenvalue weighted by molar-refractivity contribution is 5.83. The summed E-state index contributed by atoms with van der Waals surface area (Å²) in [6.07, 6.45) is 3.74. The average molecular weight is 252 g/mol. The minimum Gasteiger partial charge on any atom is -0.320 e. The minimum atomic E-state index is -0.0975. The molecule has 1 unspecified atom stereocenters. The first-order valence-corrected chi connectivity index (χ1v) is 6.22. The van der Waals surface area contributed by atoms with Gasteiger partial charge >= 0.3 is 0 Å². The molecule has 94 valence electrons. The number of rotatable bonds is 1. The van der Waals surface area contributed by atoms with Crippen molar-refractivity contribution >= 4 is 22.8 Å². The van der Waals surface area contributed by atoms with Crippen LogP contribution in [0.25, 0.3) is 10.9 Å². The van der Waals surface area contributed by atoms with Crippen molar-refractivity contribution in [2.75, 3.05) is 11.6 Å². The zero-order valence-electron chi connectivity index (χ0n) is 10.1. The third kappa shape index (κ3) is 1.52. The number of anilines is 1. The van der Waals surface area contributed by atoms with E-state index in [1.54, 1.807) is 6.21 Å². The lowest BCUT2D eigenvalue weighted by atomic mass is 10.2. The number of hydrazine groups is 1. The molecule has 1 aromatic carbocycles. The summed E-state index contributed by atoms with van der Waals surface area (Å²) in [7, 11) is 0. The topological polar surface area (TPSA) is 60.5 Å². The number of pyridine rings is 1. The van der Waals surface area contributed by atoms with Gasteiger partial charge in [-0.05, 0) is 18.2 Å². The molecule has 2 aliphatic heterocycles. The number of aromatic nitrogens is 1. The van der Waals surface area contributed by atoms with Crippen LogP contribution < -0.4 is 16.0 Å². The van der Waals surface area contributed by atoms with E-state index in [-0.39, 0.29) is 11.6 Å². The molecule has 1 fully saturated rings. The lowest BCUT2D eigenvalue weighted by molar-refractivity contribution is 0.763. The second-order valence-corrected chi connectivity index (χ2v) is 4.67. The molecule has 5 nitrogen and oxygen atoms in total. The maximum Gasteiger partial charge on any atom is 0.273 e. The molecule has 0 bridgehead atoms. The fourth-order valence-electron chi connectivity index (χ4n) is 2.59. The lowest BCUT2D eigenvalue weighted by Crippen LogP contribution is -2.34. The Bertz CT molecular complexity index is 774. The maximum absolute atomic E-state index is 12.2. The molecule has 2 N–H and O–H groups in total. The number of nitrogens with zero attached hydrogens (tertiary/aromatic N) is 2. The summed E-state index contributed by atoms with van der Waals surface area (Å²) >= 11 is 0. The molecule has 5 heteroatoms. The number of benzene rings is 1. The molecule has 0 aliphatic carbocycles. The number of hydrogen-bond donors (Lipinski definition) is 2. The summed E-state index contributed by atoms with van der Waals surface area (Å²) in [4.78, 5) is 19.4. The summed E-state index contributed by atoms with van der Waals surface area (Å²) in [5.74, 6) is 0. The summed E-state index contributed by atoms with van der Waals surface area (Å²) in [5, 5.41) is 2.85. The molecule has 1 saturated heterocycles. The summed E-state index contributed by atoms with van der Waals surface area (Å²) in [6.45, 7) is 0.731. The van der Waals surface area contributed by atoms with Crippen LogP contribution in [0.5, 0.6) is 0 Å². The van der Waals surface area contributed by atoms with Crippen LogP contribution >= 0.6 is 0 Å². The highest BCUT2D eigenvalue weighted by atomic mass is 16.1. The quantitative estimate of drug-likeness (QED) is 0.801. The molecule has 19 heavy (non-hydrogen) atoms. The number of allylic oxidation sites excluding steroid dienone is 1. The summed E-state index contributed by atoms with van der Waals surface area (Å²) in [6, 6.07) is 9.80. The highest BCUT2D eigenvalue weighted by Gasteiger charge is 2.31. The van der Waals surface area contributed by atoms with Gasteiger partial charge in [0.1, 0.15) is 11.7 Å². The molecule has 3 heterocycles. The molecule has 2 aliphatic rings. The van der Waals surface area contributed by atoms with Gasteiger partial charge < -0.3 is 4.98 Å². The van der Waals surface area contributed by atoms with Crippen LogP contribution in [0.2, 0.25) is 0 Å². The van der Waals surface area contributed by atoms with E-state index in [1.165, 1.54) is 0 Å². The van der Waals surface area contributed by atoms with E-state index in [1.807, 2.05) is 41.4 Å². The second kappa shape index (κ2) is 3.80. The SMILES string of the molecule is O=c1[nH]c2ccccc2cc1N1NCC2N=CC=C21. The number of H-pyrrole nitrogens is 1. The molecule has 0 saturated carbocycles. The lowest BCUT2D eigenvalue weighted by Gasteiger charge is -2.18. The van der Waals surface area contributed by atoms with Gasteiger partial charge in [-0.3, -0.25) is 14.8 Å². The van der Waals surface area contributed by atoms with Crippen molar-refractivity contribution in [2.45, 2.75) is 6.04 Å². The van der Waals surface area contributed by atoms with Crippen molar-refractivity contribution in [1.29, 1.82) is 0 Å². The van der Waals surface area contributed by atoms with Crippen LogP contribution in [-0.2, 0) is 0 Å². The van der Waals surface area contributed by atoms with Gasteiger partial charge in [0.05, 0.1) is 5.70 Å². The van der Waals surface area contributed by atoms with Gasteiger partial charge in [0, 0.05) is 23.7 Å². The van der Waals surface area contributed by atoms with E-state index in [0.717, 1.165) is 23.1 Å². The van der Waals surface area contributed by atoms with E-state index >= 15 is 0 Å². The van der Waals surface area contributed by atoms with Gasteiger partial charge in [-0.15, -0.1) is 0 Å². The van der Waals surface area contributed by atoms with E-state index in [2.05, 4.69) is 15.4 Å². The number of aliphatic imine (C=N–C) groups is 1. The Labute approximate surface area is 109 Å². The number of para-hydroxylation sites is 1. The Hall–Kier alpha value is -2.40. The largest absolute Gasteiger partial charge is 0.320 e. The van der Waals surface area contributed by atoms with Crippen molar-refractivity contribution in [3.63, 3.8) is 0 Å².